The molecule has 1 fully saturated rings. The molecule has 1 aliphatic rings. The van der Waals surface area contributed by atoms with E-state index < -0.39 is 0 Å². The summed E-state index contributed by atoms with van der Waals surface area (Å²) in [6.07, 6.45) is 7.90. The van der Waals surface area contributed by atoms with Crippen molar-refractivity contribution in [2.45, 2.75) is 32.2 Å². The first-order valence-electron chi connectivity index (χ1n) is 7.84. The second-order valence-corrected chi connectivity index (χ2v) is 5.90. The first-order chi connectivity index (χ1) is 11.2. The van der Waals surface area contributed by atoms with Crippen molar-refractivity contribution in [1.29, 1.82) is 0 Å². The second-order valence-electron chi connectivity index (χ2n) is 5.90. The number of nitrogens with one attached hydrogen (secondary N) is 1. The molecule has 0 bridgehead atoms. The number of nitrogens with zero attached hydrogens (tertiary/aromatic N) is 5. The van der Waals surface area contributed by atoms with Crippen molar-refractivity contribution >= 4 is 11.6 Å². The molecule has 1 N–H and O–H groups in total. The number of aromatic amines is 1. The lowest BCUT2D eigenvalue weighted by atomic mass is 9.98. The number of aromatic nitrogens is 5. The highest BCUT2D eigenvalue weighted by Gasteiger charge is 2.30. The van der Waals surface area contributed by atoms with Crippen LogP contribution in [0.25, 0.3) is 5.65 Å². The third-order valence-electron chi connectivity index (χ3n) is 4.39. The van der Waals surface area contributed by atoms with Gasteiger partial charge in [-0.15, -0.1) is 0 Å². The highest BCUT2D eigenvalue weighted by molar-refractivity contribution is 5.92. The maximum absolute atomic E-state index is 12.8. The van der Waals surface area contributed by atoms with Crippen molar-refractivity contribution < 1.29 is 4.79 Å². The van der Waals surface area contributed by atoms with Gasteiger partial charge in [-0.3, -0.25) is 4.79 Å². The van der Waals surface area contributed by atoms with E-state index in [2.05, 4.69) is 15.1 Å². The summed E-state index contributed by atoms with van der Waals surface area (Å²) < 4.78 is 1.81. The zero-order valence-electron chi connectivity index (χ0n) is 12.9. The maximum Gasteiger partial charge on any atom is 0.272 e. The van der Waals surface area contributed by atoms with Crippen molar-refractivity contribution in [2.24, 2.45) is 0 Å². The molecule has 1 saturated heterocycles. The largest absolute Gasteiger partial charge is 0.341 e. The first kappa shape index (κ1) is 13.9. The number of rotatable bonds is 2. The van der Waals surface area contributed by atoms with E-state index in [9.17, 15) is 4.79 Å². The van der Waals surface area contributed by atoms with Gasteiger partial charge in [-0.25, -0.2) is 14.5 Å². The fourth-order valence-corrected chi connectivity index (χ4v) is 3.27. The summed E-state index contributed by atoms with van der Waals surface area (Å²) >= 11 is 0. The van der Waals surface area contributed by atoms with E-state index in [4.69, 9.17) is 4.98 Å². The zero-order valence-corrected chi connectivity index (χ0v) is 12.9. The van der Waals surface area contributed by atoms with Gasteiger partial charge in [0.05, 0.1) is 30.5 Å². The third kappa shape index (κ3) is 2.38. The summed E-state index contributed by atoms with van der Waals surface area (Å²) in [4.78, 5) is 26.2. The SMILES string of the molecule is Cc1cc([C@@H]2CCCCN2C(=O)c2cnc[nH]2)nc2ccnn12. The van der Waals surface area contributed by atoms with Crippen LogP contribution in [0.4, 0.5) is 0 Å². The molecule has 0 aliphatic carbocycles. The monoisotopic (exact) mass is 310 g/mol. The average Bonchev–Trinajstić information content (AvgIpc) is 3.25. The van der Waals surface area contributed by atoms with Crippen LogP contribution >= 0.6 is 0 Å². The van der Waals surface area contributed by atoms with E-state index in [1.54, 1.807) is 12.4 Å². The van der Waals surface area contributed by atoms with Gasteiger partial charge in [0, 0.05) is 18.3 Å². The molecule has 3 aromatic heterocycles. The van der Waals surface area contributed by atoms with Crippen LogP contribution in [0.5, 0.6) is 0 Å². The number of carbonyl (C=O) groups is 1. The molecule has 118 valence electrons. The fraction of sp³-hybridized carbons (Fsp3) is 0.375. The van der Waals surface area contributed by atoms with Crippen molar-refractivity contribution in [3.05, 3.63) is 47.9 Å². The van der Waals surface area contributed by atoms with Gasteiger partial charge in [-0.1, -0.05) is 0 Å². The average molecular weight is 310 g/mol. The van der Waals surface area contributed by atoms with Crippen LogP contribution in [0.15, 0.2) is 30.9 Å². The summed E-state index contributed by atoms with van der Waals surface area (Å²) in [6, 6.07) is 3.92. The van der Waals surface area contributed by atoms with Crippen molar-refractivity contribution in [3.8, 4) is 0 Å². The van der Waals surface area contributed by atoms with Gasteiger partial charge in [-0.2, -0.15) is 5.10 Å². The van der Waals surface area contributed by atoms with Crippen LogP contribution in [-0.4, -0.2) is 41.9 Å². The van der Waals surface area contributed by atoms with Gasteiger partial charge >= 0.3 is 0 Å². The lowest BCUT2D eigenvalue weighted by Gasteiger charge is -2.35. The lowest BCUT2D eigenvalue weighted by Crippen LogP contribution is -2.39. The number of hydrogen-bond donors (Lipinski definition) is 1. The number of carbonyl (C=O) groups excluding carboxylic acids is 1. The Bertz CT molecular complexity index is 838. The van der Waals surface area contributed by atoms with E-state index in [1.165, 1.54) is 6.33 Å². The highest BCUT2D eigenvalue weighted by Crippen LogP contribution is 2.31. The predicted molar refractivity (Wildman–Crippen MR) is 83.9 cm³/mol. The van der Waals surface area contributed by atoms with Crippen molar-refractivity contribution in [3.63, 3.8) is 0 Å². The third-order valence-corrected chi connectivity index (χ3v) is 4.39. The van der Waals surface area contributed by atoms with Crippen molar-refractivity contribution in [2.75, 3.05) is 6.54 Å². The topological polar surface area (TPSA) is 79.2 Å². The Morgan fingerprint density at radius 3 is 3.13 bits per heavy atom. The van der Waals surface area contributed by atoms with Crippen LogP contribution in [0.1, 0.15) is 47.2 Å². The van der Waals surface area contributed by atoms with Crippen LogP contribution in [0.3, 0.4) is 0 Å². The highest BCUT2D eigenvalue weighted by atomic mass is 16.2. The molecule has 0 unspecified atom stereocenters. The normalized spacial score (nSPS) is 18.5. The molecule has 1 amide bonds. The van der Waals surface area contributed by atoms with E-state index in [1.807, 2.05) is 28.5 Å². The quantitative estimate of drug-likeness (QED) is 0.786. The Labute approximate surface area is 133 Å². The number of hydrogen-bond acceptors (Lipinski definition) is 4. The summed E-state index contributed by atoms with van der Waals surface area (Å²) in [5, 5.41) is 4.26. The molecule has 0 spiro atoms. The molecular formula is C16H18N6O. The summed E-state index contributed by atoms with van der Waals surface area (Å²) in [6.45, 7) is 2.75. The molecular weight excluding hydrogens is 292 g/mol. The van der Waals surface area contributed by atoms with Gasteiger partial charge in [0.2, 0.25) is 0 Å². The molecule has 23 heavy (non-hydrogen) atoms. The van der Waals surface area contributed by atoms with Gasteiger partial charge < -0.3 is 9.88 Å². The molecule has 0 saturated carbocycles. The lowest BCUT2D eigenvalue weighted by molar-refractivity contribution is 0.0600. The smallest absolute Gasteiger partial charge is 0.272 e. The van der Waals surface area contributed by atoms with Gasteiger partial charge in [0.1, 0.15) is 5.69 Å². The fourth-order valence-electron chi connectivity index (χ4n) is 3.27. The second kappa shape index (κ2) is 5.49. The number of aryl methyl sites for hydroxylation is 1. The number of likely N-dealkylation sites (tertiary alicyclic amines) is 1. The minimum absolute atomic E-state index is 0.00171. The standard InChI is InChI=1S/C16H18N6O/c1-11-8-12(20-15-5-6-19-22(11)15)14-4-2-3-7-21(14)16(23)13-9-17-10-18-13/h5-6,8-10,14H,2-4,7H2,1H3,(H,17,18)/t14-/m0/s1. The van der Waals surface area contributed by atoms with Crippen LogP contribution in [0.2, 0.25) is 0 Å². The van der Waals surface area contributed by atoms with Crippen LogP contribution < -0.4 is 0 Å². The Morgan fingerprint density at radius 2 is 2.30 bits per heavy atom. The molecule has 4 heterocycles. The number of H-pyrrole nitrogens is 1. The minimum Gasteiger partial charge on any atom is -0.341 e. The molecule has 7 nitrogen and oxygen atoms in total. The number of amides is 1. The Kier molecular flexibility index (Phi) is 3.33. The van der Waals surface area contributed by atoms with Gasteiger partial charge in [0.25, 0.3) is 5.91 Å². The van der Waals surface area contributed by atoms with Gasteiger partial charge in [0.15, 0.2) is 5.65 Å². The van der Waals surface area contributed by atoms with E-state index in [-0.39, 0.29) is 11.9 Å². The summed E-state index contributed by atoms with van der Waals surface area (Å²) in [5.41, 5.74) is 3.30. The Balaban J connectivity index is 1.73. The van der Waals surface area contributed by atoms with Crippen LogP contribution in [-0.2, 0) is 0 Å². The van der Waals surface area contributed by atoms with Crippen molar-refractivity contribution in [1.82, 2.24) is 29.5 Å². The first-order valence-corrected chi connectivity index (χ1v) is 7.84. The number of imidazole rings is 1. The van der Waals surface area contributed by atoms with E-state index >= 15 is 0 Å². The van der Waals surface area contributed by atoms with E-state index in [0.29, 0.717) is 5.69 Å². The molecule has 0 radical (unpaired) electrons. The van der Waals surface area contributed by atoms with Crippen LogP contribution in [0, 0.1) is 6.92 Å². The van der Waals surface area contributed by atoms with Gasteiger partial charge in [-0.05, 0) is 32.3 Å². The summed E-state index contributed by atoms with van der Waals surface area (Å²) in [5.74, 6) is -0.0139. The molecule has 7 heteroatoms. The zero-order chi connectivity index (χ0) is 15.8. The molecule has 3 aromatic rings. The molecule has 4 rings (SSSR count). The minimum atomic E-state index is -0.0139. The maximum atomic E-state index is 12.8. The Morgan fingerprint density at radius 1 is 1.39 bits per heavy atom. The molecule has 0 aromatic carbocycles. The van der Waals surface area contributed by atoms with E-state index in [0.717, 1.165) is 42.8 Å². The summed E-state index contributed by atoms with van der Waals surface area (Å²) in [7, 11) is 0. The molecule has 1 aliphatic heterocycles. The number of piperidine rings is 1. The molecule has 1 atom stereocenters. The number of fused-ring (bicyclic) bond motifs is 1. The predicted octanol–water partition coefficient (Wildman–Crippen LogP) is 2.13. The Hall–Kier alpha value is -2.70.